The summed E-state index contributed by atoms with van der Waals surface area (Å²) in [6.45, 7) is 13.3. The van der Waals surface area contributed by atoms with Crippen LogP contribution in [0.4, 0.5) is 9.59 Å². The third kappa shape index (κ3) is 6.22. The van der Waals surface area contributed by atoms with E-state index >= 15 is 0 Å². The minimum atomic E-state index is -1.79. The molecule has 1 aliphatic carbocycles. The number of carbonyl (C=O) groups is 3. The predicted octanol–water partition coefficient (Wildman–Crippen LogP) is 3.72. The Morgan fingerprint density at radius 2 is 1.61 bits per heavy atom. The van der Waals surface area contributed by atoms with E-state index in [4.69, 9.17) is 9.47 Å². The molecular formula is C20H33NO7. The molecule has 8 nitrogen and oxygen atoms in total. The molecule has 3 atom stereocenters. The smallest absolute Gasteiger partial charge is 0.420 e. The predicted molar refractivity (Wildman–Crippen MR) is 103 cm³/mol. The van der Waals surface area contributed by atoms with E-state index < -0.39 is 46.9 Å². The molecule has 0 bridgehead atoms. The van der Waals surface area contributed by atoms with Crippen LogP contribution < -0.4 is 0 Å². The monoisotopic (exact) mass is 399 g/mol. The summed E-state index contributed by atoms with van der Waals surface area (Å²) in [5.41, 5.74) is -3.64. The van der Waals surface area contributed by atoms with E-state index in [-0.39, 0.29) is 12.8 Å². The van der Waals surface area contributed by atoms with Crippen molar-refractivity contribution in [2.24, 2.45) is 5.92 Å². The van der Waals surface area contributed by atoms with Crippen molar-refractivity contribution < 1.29 is 34.1 Å². The lowest BCUT2D eigenvalue weighted by molar-refractivity contribution is -0.145. The van der Waals surface area contributed by atoms with E-state index in [0.717, 1.165) is 0 Å². The highest BCUT2D eigenvalue weighted by Gasteiger charge is 2.69. The summed E-state index contributed by atoms with van der Waals surface area (Å²) in [5.74, 6) is -1.92. The van der Waals surface area contributed by atoms with Gasteiger partial charge in [0.15, 0.2) is 5.54 Å². The lowest BCUT2D eigenvalue weighted by atomic mass is 10.0. The van der Waals surface area contributed by atoms with E-state index in [2.05, 4.69) is 6.58 Å². The molecule has 0 radical (unpaired) electrons. The first-order chi connectivity index (χ1) is 12.6. The maximum atomic E-state index is 12.7. The molecule has 0 spiro atoms. The number of hydrogen-bond donors (Lipinski definition) is 2. The van der Waals surface area contributed by atoms with Crippen LogP contribution in [0.2, 0.25) is 0 Å². The van der Waals surface area contributed by atoms with Crippen LogP contribution in [0.5, 0.6) is 0 Å². The summed E-state index contributed by atoms with van der Waals surface area (Å²) in [6, 6.07) is 0. The topological polar surface area (TPSA) is 113 Å². The second kappa shape index (κ2) is 8.51. The molecule has 2 amide bonds. The summed E-state index contributed by atoms with van der Waals surface area (Å²) in [7, 11) is 0. The molecule has 0 saturated heterocycles. The molecule has 0 aromatic rings. The number of allylic oxidation sites excluding steroid dienone is 1. The first-order valence-corrected chi connectivity index (χ1v) is 9.42. The average Bonchev–Trinajstić information content (AvgIpc) is 3.15. The van der Waals surface area contributed by atoms with Crippen molar-refractivity contribution in [3.8, 4) is 0 Å². The van der Waals surface area contributed by atoms with Gasteiger partial charge in [-0.1, -0.05) is 6.08 Å². The van der Waals surface area contributed by atoms with Gasteiger partial charge in [-0.15, -0.1) is 6.58 Å². The van der Waals surface area contributed by atoms with Gasteiger partial charge in [0.25, 0.3) is 0 Å². The average molecular weight is 399 g/mol. The van der Waals surface area contributed by atoms with Gasteiger partial charge in [-0.25, -0.2) is 14.4 Å². The van der Waals surface area contributed by atoms with Crippen LogP contribution in [0.25, 0.3) is 0 Å². The van der Waals surface area contributed by atoms with Gasteiger partial charge < -0.3 is 19.7 Å². The van der Waals surface area contributed by atoms with Crippen LogP contribution in [-0.4, -0.2) is 56.1 Å². The van der Waals surface area contributed by atoms with Crippen molar-refractivity contribution in [3.05, 3.63) is 12.7 Å². The molecular weight excluding hydrogens is 366 g/mol. The standard InChI is InChI=1S/C20H33NO7/c1-8-9-10-14(22)11-13-12-20(13,15(23)24)21(16(25)27-18(2,3)4)17(26)28-19(5,6)7/h8,13-14,22H,1,9-12H2,2-7H3,(H,23,24). The molecule has 28 heavy (non-hydrogen) atoms. The first-order valence-electron chi connectivity index (χ1n) is 9.42. The number of carboxylic acids is 1. The highest BCUT2D eigenvalue weighted by atomic mass is 16.6. The van der Waals surface area contributed by atoms with Gasteiger partial charge in [0.1, 0.15) is 11.2 Å². The molecule has 160 valence electrons. The number of amides is 2. The van der Waals surface area contributed by atoms with Gasteiger partial charge in [0.05, 0.1) is 6.10 Å². The Labute approximate surface area is 166 Å². The van der Waals surface area contributed by atoms with Crippen LogP contribution in [-0.2, 0) is 14.3 Å². The minimum Gasteiger partial charge on any atom is -0.479 e. The molecule has 2 N–H and O–H groups in total. The van der Waals surface area contributed by atoms with E-state index in [1.54, 1.807) is 47.6 Å². The van der Waals surface area contributed by atoms with Crippen molar-refractivity contribution in [2.45, 2.75) is 90.1 Å². The van der Waals surface area contributed by atoms with Gasteiger partial charge in [-0.2, -0.15) is 4.90 Å². The molecule has 0 aliphatic heterocycles. The Kier molecular flexibility index (Phi) is 7.28. The fourth-order valence-electron chi connectivity index (χ4n) is 3.00. The lowest BCUT2D eigenvalue weighted by Gasteiger charge is -2.32. The number of aliphatic hydroxyl groups is 1. The number of nitrogens with zero attached hydrogens (tertiary/aromatic N) is 1. The molecule has 8 heteroatoms. The van der Waals surface area contributed by atoms with Crippen LogP contribution >= 0.6 is 0 Å². The Bertz CT molecular complexity index is 589. The quantitative estimate of drug-likeness (QED) is 0.627. The SMILES string of the molecule is C=CCCC(O)CC1CC1(C(=O)O)N(C(=O)OC(C)(C)C)C(=O)OC(C)(C)C. The normalized spacial score (nSPS) is 22.8. The number of carboxylic acid groups (broad SMARTS) is 1. The van der Waals surface area contributed by atoms with Crippen LogP contribution in [0.1, 0.15) is 67.2 Å². The highest BCUT2D eigenvalue weighted by molar-refractivity contribution is 5.98. The van der Waals surface area contributed by atoms with Gasteiger partial charge in [0, 0.05) is 0 Å². The Balaban J connectivity index is 3.17. The van der Waals surface area contributed by atoms with E-state index in [1.807, 2.05) is 0 Å². The number of aliphatic carboxylic acids is 1. The van der Waals surface area contributed by atoms with Crippen LogP contribution in [0.3, 0.4) is 0 Å². The molecule has 1 aliphatic rings. The van der Waals surface area contributed by atoms with Crippen molar-refractivity contribution in [3.63, 3.8) is 0 Å². The number of hydrogen-bond acceptors (Lipinski definition) is 6. The van der Waals surface area contributed by atoms with E-state index in [9.17, 15) is 24.6 Å². The molecule has 3 unspecified atom stereocenters. The van der Waals surface area contributed by atoms with Gasteiger partial charge >= 0.3 is 18.2 Å². The summed E-state index contributed by atoms with van der Waals surface area (Å²) >= 11 is 0. The summed E-state index contributed by atoms with van der Waals surface area (Å²) in [4.78, 5) is 38.2. The zero-order valence-electron chi connectivity index (χ0n) is 17.7. The number of carbonyl (C=O) groups excluding carboxylic acids is 2. The van der Waals surface area contributed by atoms with Gasteiger partial charge in [0.2, 0.25) is 0 Å². The summed E-state index contributed by atoms with van der Waals surface area (Å²) < 4.78 is 10.6. The van der Waals surface area contributed by atoms with Gasteiger partial charge in [-0.3, -0.25) is 0 Å². The van der Waals surface area contributed by atoms with Gasteiger partial charge in [-0.05, 0) is 73.1 Å². The zero-order valence-corrected chi connectivity index (χ0v) is 17.7. The zero-order chi connectivity index (χ0) is 21.9. The van der Waals surface area contributed by atoms with Crippen molar-refractivity contribution in [2.75, 3.05) is 0 Å². The number of ether oxygens (including phenoxy) is 2. The molecule has 1 fully saturated rings. The lowest BCUT2D eigenvalue weighted by Crippen LogP contribution is -2.55. The summed E-state index contributed by atoms with van der Waals surface area (Å²) in [6.07, 6.45) is -0.0739. The van der Waals surface area contributed by atoms with Crippen molar-refractivity contribution in [1.82, 2.24) is 4.90 Å². The Hall–Kier alpha value is -2.09. The Morgan fingerprint density at radius 3 is 1.96 bits per heavy atom. The minimum absolute atomic E-state index is 0.0337. The molecule has 1 saturated carbocycles. The molecule has 0 aromatic carbocycles. The second-order valence-corrected chi connectivity index (χ2v) is 9.18. The second-order valence-electron chi connectivity index (χ2n) is 9.18. The third-order valence-electron chi connectivity index (χ3n) is 4.25. The van der Waals surface area contributed by atoms with Crippen molar-refractivity contribution >= 4 is 18.2 Å². The van der Waals surface area contributed by atoms with Crippen LogP contribution in [0.15, 0.2) is 12.7 Å². The summed E-state index contributed by atoms with van der Waals surface area (Å²) in [5, 5.41) is 20.0. The first kappa shape index (κ1) is 23.9. The fourth-order valence-corrected chi connectivity index (χ4v) is 3.00. The maximum absolute atomic E-state index is 12.7. The largest absolute Gasteiger partial charge is 0.479 e. The Morgan fingerprint density at radius 1 is 1.14 bits per heavy atom. The molecule has 0 heterocycles. The number of rotatable bonds is 7. The van der Waals surface area contributed by atoms with E-state index in [0.29, 0.717) is 17.7 Å². The maximum Gasteiger partial charge on any atom is 0.420 e. The fraction of sp³-hybridized carbons (Fsp3) is 0.750. The molecule has 0 aromatic heterocycles. The number of imide groups is 1. The van der Waals surface area contributed by atoms with Crippen molar-refractivity contribution in [1.29, 1.82) is 0 Å². The molecule has 1 rings (SSSR count). The van der Waals surface area contributed by atoms with Crippen LogP contribution in [0, 0.1) is 5.92 Å². The third-order valence-corrected chi connectivity index (χ3v) is 4.25. The van der Waals surface area contributed by atoms with E-state index in [1.165, 1.54) is 0 Å². The number of aliphatic hydroxyl groups excluding tert-OH is 1. The highest BCUT2D eigenvalue weighted by Crippen LogP contribution is 2.52.